The maximum absolute atomic E-state index is 11.6. The fourth-order valence-electron chi connectivity index (χ4n) is 3.83. The molecule has 1 unspecified atom stereocenters. The zero-order valence-electron chi connectivity index (χ0n) is 15.6. The fraction of sp³-hybridized carbons (Fsp3) is 0.208. The predicted molar refractivity (Wildman–Crippen MR) is 111 cm³/mol. The SMILES string of the molecule is CC1(Cc2ccccc2Cl)CCc2ccc(-c3ccccc3C(=O)O)cc2O1. The summed E-state index contributed by atoms with van der Waals surface area (Å²) in [4.78, 5) is 11.6. The van der Waals surface area contributed by atoms with Gasteiger partial charge in [0.2, 0.25) is 0 Å². The lowest BCUT2D eigenvalue weighted by Gasteiger charge is -2.36. The largest absolute Gasteiger partial charge is 0.487 e. The van der Waals surface area contributed by atoms with Crippen LogP contribution in [0.3, 0.4) is 0 Å². The van der Waals surface area contributed by atoms with Crippen molar-refractivity contribution in [3.63, 3.8) is 0 Å². The molecule has 1 aliphatic rings. The van der Waals surface area contributed by atoms with Gasteiger partial charge >= 0.3 is 5.97 Å². The first-order valence-electron chi connectivity index (χ1n) is 9.33. The molecule has 1 N–H and O–H groups in total. The van der Waals surface area contributed by atoms with Crippen LogP contribution in [-0.4, -0.2) is 16.7 Å². The fourth-order valence-corrected chi connectivity index (χ4v) is 4.03. The molecule has 0 spiro atoms. The summed E-state index contributed by atoms with van der Waals surface area (Å²) in [5, 5.41) is 10.2. The Morgan fingerprint density at radius 1 is 1.11 bits per heavy atom. The van der Waals surface area contributed by atoms with E-state index in [1.807, 2.05) is 54.6 Å². The van der Waals surface area contributed by atoms with Crippen LogP contribution in [0.2, 0.25) is 5.02 Å². The Balaban J connectivity index is 1.67. The Morgan fingerprint density at radius 3 is 2.64 bits per heavy atom. The number of fused-ring (bicyclic) bond motifs is 1. The Hall–Kier alpha value is -2.78. The second-order valence-corrected chi connectivity index (χ2v) is 7.90. The van der Waals surface area contributed by atoms with Gasteiger partial charge in [0.1, 0.15) is 11.4 Å². The van der Waals surface area contributed by atoms with Gasteiger partial charge in [-0.1, -0.05) is 60.1 Å². The maximum atomic E-state index is 11.6. The molecule has 1 heterocycles. The Labute approximate surface area is 169 Å². The number of aromatic carboxylic acids is 1. The minimum absolute atomic E-state index is 0.289. The van der Waals surface area contributed by atoms with Gasteiger partial charge < -0.3 is 9.84 Å². The molecule has 0 fully saturated rings. The number of benzene rings is 3. The maximum Gasteiger partial charge on any atom is 0.336 e. The molecule has 28 heavy (non-hydrogen) atoms. The van der Waals surface area contributed by atoms with E-state index >= 15 is 0 Å². The molecule has 3 aromatic rings. The minimum atomic E-state index is -0.933. The smallest absolute Gasteiger partial charge is 0.336 e. The highest BCUT2D eigenvalue weighted by Gasteiger charge is 2.32. The Morgan fingerprint density at radius 2 is 1.86 bits per heavy atom. The van der Waals surface area contributed by atoms with Crippen LogP contribution in [0.5, 0.6) is 5.75 Å². The number of halogens is 1. The van der Waals surface area contributed by atoms with Crippen LogP contribution < -0.4 is 4.74 Å². The summed E-state index contributed by atoms with van der Waals surface area (Å²) in [7, 11) is 0. The van der Waals surface area contributed by atoms with Crippen LogP contribution in [0.1, 0.15) is 34.8 Å². The van der Waals surface area contributed by atoms with Gasteiger partial charge in [-0.25, -0.2) is 4.79 Å². The van der Waals surface area contributed by atoms with Crippen molar-refractivity contribution in [3.8, 4) is 16.9 Å². The van der Waals surface area contributed by atoms with E-state index in [9.17, 15) is 9.90 Å². The predicted octanol–water partition coefficient (Wildman–Crippen LogP) is 6.03. The summed E-state index contributed by atoms with van der Waals surface area (Å²) < 4.78 is 6.43. The lowest BCUT2D eigenvalue weighted by Crippen LogP contribution is -2.38. The van der Waals surface area contributed by atoms with E-state index in [4.69, 9.17) is 16.3 Å². The van der Waals surface area contributed by atoms with Crippen LogP contribution in [0, 0.1) is 0 Å². The summed E-state index contributed by atoms with van der Waals surface area (Å²) in [6.07, 6.45) is 2.54. The zero-order chi connectivity index (χ0) is 19.7. The lowest BCUT2D eigenvalue weighted by molar-refractivity contribution is 0.0653. The van der Waals surface area contributed by atoms with Gasteiger partial charge in [0.15, 0.2) is 0 Å². The second kappa shape index (κ2) is 7.33. The molecule has 0 amide bonds. The van der Waals surface area contributed by atoms with Crippen LogP contribution in [0.15, 0.2) is 66.7 Å². The topological polar surface area (TPSA) is 46.5 Å². The van der Waals surface area contributed by atoms with Gasteiger partial charge in [-0.15, -0.1) is 0 Å². The summed E-state index contributed by atoms with van der Waals surface area (Å²) in [6, 6.07) is 20.9. The van der Waals surface area contributed by atoms with E-state index in [1.54, 1.807) is 12.1 Å². The van der Waals surface area contributed by atoms with Crippen LogP contribution >= 0.6 is 11.6 Å². The number of ether oxygens (including phenoxy) is 1. The minimum Gasteiger partial charge on any atom is -0.487 e. The molecule has 4 heteroatoms. The third-order valence-corrected chi connectivity index (χ3v) is 5.71. The first-order chi connectivity index (χ1) is 13.5. The van der Waals surface area contributed by atoms with Crippen molar-refractivity contribution in [2.24, 2.45) is 0 Å². The summed E-state index contributed by atoms with van der Waals surface area (Å²) >= 11 is 6.35. The number of carboxylic acids is 1. The summed E-state index contributed by atoms with van der Waals surface area (Å²) in [5.41, 5.74) is 3.69. The molecule has 1 atom stereocenters. The van der Waals surface area contributed by atoms with Gasteiger partial charge in [-0.05, 0) is 60.2 Å². The Kier molecular flexibility index (Phi) is 4.86. The van der Waals surface area contributed by atoms with Gasteiger partial charge in [-0.2, -0.15) is 0 Å². The lowest BCUT2D eigenvalue weighted by atomic mass is 9.86. The molecule has 1 aliphatic heterocycles. The van der Waals surface area contributed by atoms with Crippen LogP contribution in [0.25, 0.3) is 11.1 Å². The second-order valence-electron chi connectivity index (χ2n) is 7.49. The van der Waals surface area contributed by atoms with Crippen molar-refractivity contribution in [1.82, 2.24) is 0 Å². The van der Waals surface area contributed by atoms with E-state index in [1.165, 1.54) is 0 Å². The van der Waals surface area contributed by atoms with Gasteiger partial charge in [0, 0.05) is 11.4 Å². The van der Waals surface area contributed by atoms with Gasteiger partial charge in [-0.3, -0.25) is 0 Å². The van der Waals surface area contributed by atoms with Crippen molar-refractivity contribution in [2.45, 2.75) is 31.8 Å². The van der Waals surface area contributed by atoms with Crippen molar-refractivity contribution < 1.29 is 14.6 Å². The molecule has 0 aliphatic carbocycles. The molecule has 3 nitrogen and oxygen atoms in total. The Bertz CT molecular complexity index is 1040. The standard InChI is InChI=1S/C24H21ClO3/c1-24(15-18-6-2-5-9-21(18)25)13-12-16-10-11-17(14-22(16)28-24)19-7-3-4-8-20(19)23(26)27/h2-11,14H,12-13,15H2,1H3,(H,26,27). The first-order valence-corrected chi connectivity index (χ1v) is 9.71. The number of rotatable bonds is 4. The van der Waals surface area contributed by atoms with Gasteiger partial charge in [0.05, 0.1) is 5.56 Å². The first kappa shape index (κ1) is 18.6. The third-order valence-electron chi connectivity index (χ3n) is 5.34. The normalized spacial score (nSPS) is 18.2. The highest BCUT2D eigenvalue weighted by Crippen LogP contribution is 2.39. The molecule has 3 aromatic carbocycles. The molecule has 0 radical (unpaired) electrons. The number of carbonyl (C=O) groups is 1. The van der Waals surface area contributed by atoms with E-state index < -0.39 is 5.97 Å². The van der Waals surface area contributed by atoms with E-state index in [0.717, 1.165) is 46.7 Å². The molecule has 0 saturated heterocycles. The van der Waals surface area contributed by atoms with Crippen LogP contribution in [-0.2, 0) is 12.8 Å². The average molecular weight is 393 g/mol. The molecule has 0 saturated carbocycles. The van der Waals surface area contributed by atoms with E-state index in [-0.39, 0.29) is 11.2 Å². The molecule has 0 aromatic heterocycles. The van der Waals surface area contributed by atoms with Crippen molar-refractivity contribution in [3.05, 3.63) is 88.4 Å². The monoisotopic (exact) mass is 392 g/mol. The zero-order valence-corrected chi connectivity index (χ0v) is 16.4. The van der Waals surface area contributed by atoms with Gasteiger partial charge in [0.25, 0.3) is 0 Å². The molecule has 4 rings (SSSR count). The quantitative estimate of drug-likeness (QED) is 0.589. The number of hydrogen-bond acceptors (Lipinski definition) is 2. The van der Waals surface area contributed by atoms with E-state index in [2.05, 4.69) is 6.92 Å². The van der Waals surface area contributed by atoms with Crippen molar-refractivity contribution in [1.29, 1.82) is 0 Å². The van der Waals surface area contributed by atoms with Crippen molar-refractivity contribution in [2.75, 3.05) is 0 Å². The summed E-state index contributed by atoms with van der Waals surface area (Å²) in [6.45, 7) is 2.11. The van der Waals surface area contributed by atoms with Crippen molar-refractivity contribution >= 4 is 17.6 Å². The number of aryl methyl sites for hydroxylation is 1. The van der Waals surface area contributed by atoms with E-state index in [0.29, 0.717) is 5.56 Å². The molecule has 0 bridgehead atoms. The molecule has 142 valence electrons. The highest BCUT2D eigenvalue weighted by molar-refractivity contribution is 6.31. The molecular weight excluding hydrogens is 372 g/mol. The van der Waals surface area contributed by atoms with Crippen LogP contribution in [0.4, 0.5) is 0 Å². The summed E-state index contributed by atoms with van der Waals surface area (Å²) in [5.74, 6) is -0.115. The number of carboxylic acid groups (broad SMARTS) is 1. The average Bonchev–Trinajstić information content (AvgIpc) is 2.69. The highest BCUT2D eigenvalue weighted by atomic mass is 35.5. The third kappa shape index (κ3) is 3.63. The molecular formula is C24H21ClO3. The number of hydrogen-bond donors (Lipinski definition) is 1.